The SMILES string of the molecule is CC1(C)CCCC1(O)C1(CN)CC2CCC1O2. The zero-order valence-corrected chi connectivity index (χ0v) is 11.0. The third-order valence-electron chi connectivity index (χ3n) is 5.96. The summed E-state index contributed by atoms with van der Waals surface area (Å²) in [6.45, 7) is 4.96. The molecule has 4 unspecified atom stereocenters. The van der Waals surface area contributed by atoms with Gasteiger partial charge in [-0.3, -0.25) is 0 Å². The molecule has 3 nitrogen and oxygen atoms in total. The summed E-state index contributed by atoms with van der Waals surface area (Å²) in [5.41, 5.74) is 5.26. The van der Waals surface area contributed by atoms with Crippen molar-refractivity contribution in [2.24, 2.45) is 16.6 Å². The summed E-state index contributed by atoms with van der Waals surface area (Å²) in [4.78, 5) is 0. The monoisotopic (exact) mass is 239 g/mol. The van der Waals surface area contributed by atoms with Gasteiger partial charge in [0.05, 0.1) is 17.8 Å². The lowest BCUT2D eigenvalue weighted by molar-refractivity contribution is -0.163. The number of hydrogen-bond donors (Lipinski definition) is 2. The van der Waals surface area contributed by atoms with E-state index in [1.807, 2.05) is 0 Å². The van der Waals surface area contributed by atoms with Crippen molar-refractivity contribution in [1.29, 1.82) is 0 Å². The van der Waals surface area contributed by atoms with Gasteiger partial charge in [0.1, 0.15) is 0 Å². The average molecular weight is 239 g/mol. The van der Waals surface area contributed by atoms with Crippen LogP contribution in [0.2, 0.25) is 0 Å². The van der Waals surface area contributed by atoms with E-state index in [-0.39, 0.29) is 16.9 Å². The smallest absolute Gasteiger partial charge is 0.0792 e. The highest BCUT2D eigenvalue weighted by Crippen LogP contribution is 2.62. The summed E-state index contributed by atoms with van der Waals surface area (Å²) in [5, 5.41) is 11.3. The Labute approximate surface area is 104 Å². The summed E-state index contributed by atoms with van der Waals surface area (Å²) in [5.74, 6) is 0. The Hall–Kier alpha value is -0.120. The molecule has 3 heteroatoms. The molecule has 0 aromatic heterocycles. The van der Waals surface area contributed by atoms with E-state index >= 15 is 0 Å². The van der Waals surface area contributed by atoms with Crippen molar-refractivity contribution in [3.63, 3.8) is 0 Å². The third-order valence-corrected chi connectivity index (χ3v) is 5.96. The zero-order valence-electron chi connectivity index (χ0n) is 11.0. The topological polar surface area (TPSA) is 55.5 Å². The van der Waals surface area contributed by atoms with Gasteiger partial charge in [0, 0.05) is 12.0 Å². The van der Waals surface area contributed by atoms with Gasteiger partial charge in [-0.05, 0) is 43.9 Å². The molecule has 0 spiro atoms. The summed E-state index contributed by atoms with van der Waals surface area (Å²) in [7, 11) is 0. The molecule has 4 atom stereocenters. The quantitative estimate of drug-likeness (QED) is 0.773. The van der Waals surface area contributed by atoms with Crippen molar-refractivity contribution in [3.05, 3.63) is 0 Å². The van der Waals surface area contributed by atoms with Crippen molar-refractivity contribution >= 4 is 0 Å². The lowest BCUT2D eigenvalue weighted by atomic mass is 9.55. The minimum atomic E-state index is -0.630. The second-order valence-electron chi connectivity index (χ2n) is 6.99. The van der Waals surface area contributed by atoms with E-state index in [2.05, 4.69) is 13.8 Å². The van der Waals surface area contributed by atoms with Gasteiger partial charge in [0.2, 0.25) is 0 Å². The fourth-order valence-corrected chi connectivity index (χ4v) is 4.87. The van der Waals surface area contributed by atoms with Gasteiger partial charge in [-0.25, -0.2) is 0 Å². The van der Waals surface area contributed by atoms with E-state index in [0.717, 1.165) is 38.5 Å². The maximum absolute atomic E-state index is 11.3. The van der Waals surface area contributed by atoms with Crippen LogP contribution < -0.4 is 5.73 Å². The molecule has 3 N–H and O–H groups in total. The number of rotatable bonds is 2. The van der Waals surface area contributed by atoms with Crippen LogP contribution >= 0.6 is 0 Å². The third kappa shape index (κ3) is 1.28. The molecule has 1 aliphatic carbocycles. The van der Waals surface area contributed by atoms with Crippen LogP contribution in [0.1, 0.15) is 52.4 Å². The standard InChI is InChI=1S/C14H25NO2/c1-12(2)6-3-7-14(12,16)13(9-15)8-10-4-5-11(13)17-10/h10-11,16H,3-9,15H2,1-2H3. The molecule has 2 heterocycles. The predicted molar refractivity (Wildman–Crippen MR) is 66.6 cm³/mol. The molecule has 2 aliphatic heterocycles. The van der Waals surface area contributed by atoms with Crippen LogP contribution in [0.4, 0.5) is 0 Å². The maximum atomic E-state index is 11.3. The Morgan fingerprint density at radius 3 is 2.47 bits per heavy atom. The summed E-state index contributed by atoms with van der Waals surface area (Å²) < 4.78 is 6.01. The molecule has 0 aromatic rings. The van der Waals surface area contributed by atoms with E-state index in [9.17, 15) is 5.11 Å². The molecule has 2 saturated heterocycles. The average Bonchev–Trinajstić information content (AvgIpc) is 2.93. The summed E-state index contributed by atoms with van der Waals surface area (Å²) in [6.07, 6.45) is 6.86. The van der Waals surface area contributed by atoms with Gasteiger partial charge in [0.15, 0.2) is 0 Å². The second kappa shape index (κ2) is 3.46. The van der Waals surface area contributed by atoms with Crippen LogP contribution in [0.5, 0.6) is 0 Å². The van der Waals surface area contributed by atoms with Crippen molar-refractivity contribution < 1.29 is 9.84 Å². The Morgan fingerprint density at radius 2 is 2.06 bits per heavy atom. The first-order valence-electron chi connectivity index (χ1n) is 7.03. The van der Waals surface area contributed by atoms with Crippen LogP contribution in [-0.4, -0.2) is 29.5 Å². The Bertz CT molecular complexity index is 330. The second-order valence-corrected chi connectivity index (χ2v) is 6.99. The van der Waals surface area contributed by atoms with E-state index in [0.29, 0.717) is 12.6 Å². The summed E-state index contributed by atoms with van der Waals surface area (Å²) >= 11 is 0. The molecular formula is C14H25NO2. The van der Waals surface area contributed by atoms with Crippen LogP contribution in [-0.2, 0) is 4.74 Å². The number of aliphatic hydroxyl groups is 1. The lowest BCUT2D eigenvalue weighted by Crippen LogP contribution is -2.62. The fraction of sp³-hybridized carbons (Fsp3) is 1.00. The van der Waals surface area contributed by atoms with Crippen molar-refractivity contribution in [2.45, 2.75) is 70.2 Å². The van der Waals surface area contributed by atoms with Crippen molar-refractivity contribution in [1.82, 2.24) is 0 Å². The molecule has 98 valence electrons. The predicted octanol–water partition coefficient (Wildman–Crippen LogP) is 1.82. The summed E-state index contributed by atoms with van der Waals surface area (Å²) in [6, 6.07) is 0. The molecular weight excluding hydrogens is 214 g/mol. The molecule has 0 amide bonds. The molecule has 3 rings (SSSR count). The van der Waals surface area contributed by atoms with Gasteiger partial charge in [-0.2, -0.15) is 0 Å². The lowest BCUT2D eigenvalue weighted by Gasteiger charge is -2.52. The van der Waals surface area contributed by atoms with E-state index < -0.39 is 5.60 Å². The normalized spacial score (nSPS) is 52.2. The Morgan fingerprint density at radius 1 is 1.29 bits per heavy atom. The zero-order chi connectivity index (χ0) is 12.3. The van der Waals surface area contributed by atoms with Crippen LogP contribution in [0, 0.1) is 10.8 Å². The molecule has 17 heavy (non-hydrogen) atoms. The molecule has 3 fully saturated rings. The van der Waals surface area contributed by atoms with Crippen molar-refractivity contribution in [2.75, 3.05) is 6.54 Å². The van der Waals surface area contributed by atoms with E-state index in [1.54, 1.807) is 0 Å². The molecule has 2 bridgehead atoms. The van der Waals surface area contributed by atoms with Gasteiger partial charge < -0.3 is 15.6 Å². The van der Waals surface area contributed by atoms with Gasteiger partial charge in [-0.1, -0.05) is 13.8 Å². The number of hydrogen-bond acceptors (Lipinski definition) is 3. The Balaban J connectivity index is 2.01. The van der Waals surface area contributed by atoms with Crippen molar-refractivity contribution in [3.8, 4) is 0 Å². The van der Waals surface area contributed by atoms with Crippen LogP contribution in [0.3, 0.4) is 0 Å². The fourth-order valence-electron chi connectivity index (χ4n) is 4.87. The van der Waals surface area contributed by atoms with Crippen LogP contribution in [0.25, 0.3) is 0 Å². The number of ether oxygens (including phenoxy) is 1. The first-order valence-corrected chi connectivity index (χ1v) is 7.03. The van der Waals surface area contributed by atoms with Gasteiger partial charge in [-0.15, -0.1) is 0 Å². The van der Waals surface area contributed by atoms with Gasteiger partial charge >= 0.3 is 0 Å². The van der Waals surface area contributed by atoms with E-state index in [1.165, 1.54) is 0 Å². The first-order chi connectivity index (χ1) is 7.95. The minimum absolute atomic E-state index is 0.0276. The molecule has 0 aromatic carbocycles. The largest absolute Gasteiger partial charge is 0.389 e. The Kier molecular flexibility index (Phi) is 2.43. The minimum Gasteiger partial charge on any atom is -0.389 e. The van der Waals surface area contributed by atoms with Gasteiger partial charge in [0.25, 0.3) is 0 Å². The first kappa shape index (κ1) is 11.9. The highest BCUT2D eigenvalue weighted by atomic mass is 16.5. The molecule has 1 saturated carbocycles. The highest BCUT2D eigenvalue weighted by molar-refractivity contribution is 5.17. The maximum Gasteiger partial charge on any atom is 0.0792 e. The van der Waals surface area contributed by atoms with E-state index in [4.69, 9.17) is 10.5 Å². The number of fused-ring (bicyclic) bond motifs is 2. The molecule has 0 radical (unpaired) electrons. The van der Waals surface area contributed by atoms with Crippen LogP contribution in [0.15, 0.2) is 0 Å². The highest BCUT2D eigenvalue weighted by Gasteiger charge is 2.67. The molecule has 3 aliphatic rings. The number of nitrogens with two attached hydrogens (primary N) is 1.